The van der Waals surface area contributed by atoms with Gasteiger partial charge in [0.15, 0.2) is 0 Å². The van der Waals surface area contributed by atoms with Crippen LogP contribution >= 0.6 is 15.9 Å². The van der Waals surface area contributed by atoms with E-state index in [1.807, 2.05) is 0 Å². The van der Waals surface area contributed by atoms with Crippen molar-refractivity contribution in [1.82, 2.24) is 9.71 Å². The van der Waals surface area contributed by atoms with Crippen LogP contribution in [0.4, 0.5) is 11.5 Å². The zero-order valence-electron chi connectivity index (χ0n) is 11.0. The topological polar surface area (TPSA) is 114 Å². The highest BCUT2D eigenvalue weighted by Gasteiger charge is 2.17. The summed E-state index contributed by atoms with van der Waals surface area (Å²) < 4.78 is 25.7. The molecule has 2 N–H and O–H groups in total. The lowest BCUT2D eigenvalue weighted by molar-refractivity contribution is -0.385. The van der Waals surface area contributed by atoms with Crippen LogP contribution in [0.2, 0.25) is 0 Å². The molecule has 8 nitrogen and oxygen atoms in total. The van der Waals surface area contributed by atoms with Gasteiger partial charge in [-0.15, -0.1) is 0 Å². The van der Waals surface area contributed by atoms with Gasteiger partial charge in [0.25, 0.3) is 5.69 Å². The van der Waals surface area contributed by atoms with E-state index < -0.39 is 14.9 Å². The van der Waals surface area contributed by atoms with Crippen LogP contribution in [0.1, 0.15) is 12.5 Å². The summed E-state index contributed by atoms with van der Waals surface area (Å²) in [5, 5.41) is 13.6. The van der Waals surface area contributed by atoms with Gasteiger partial charge in [-0.2, -0.15) is 0 Å². The molecular formula is C10H15BrN4O4S. The zero-order chi connectivity index (χ0) is 15.3. The van der Waals surface area contributed by atoms with Crippen LogP contribution in [0.25, 0.3) is 0 Å². The van der Waals surface area contributed by atoms with Crippen molar-refractivity contribution < 1.29 is 13.3 Å². The number of rotatable bonds is 7. The third kappa shape index (κ3) is 4.39. The first-order valence-corrected chi connectivity index (χ1v) is 8.23. The molecule has 112 valence electrons. The van der Waals surface area contributed by atoms with Crippen molar-refractivity contribution in [3.8, 4) is 0 Å². The first-order chi connectivity index (χ1) is 9.28. The maximum Gasteiger partial charge on any atom is 0.291 e. The van der Waals surface area contributed by atoms with Crippen LogP contribution in [0.3, 0.4) is 0 Å². The Morgan fingerprint density at radius 2 is 2.15 bits per heavy atom. The smallest absolute Gasteiger partial charge is 0.291 e. The number of hydrogen-bond acceptors (Lipinski definition) is 6. The quantitative estimate of drug-likeness (QED) is 0.556. The fourth-order valence-corrected chi connectivity index (χ4v) is 2.87. The van der Waals surface area contributed by atoms with E-state index >= 15 is 0 Å². The van der Waals surface area contributed by atoms with Gasteiger partial charge in [-0.05, 0) is 22.9 Å². The number of nitro groups is 1. The first-order valence-electron chi connectivity index (χ1n) is 5.79. The van der Waals surface area contributed by atoms with Gasteiger partial charge in [0.2, 0.25) is 10.0 Å². The van der Waals surface area contributed by atoms with Crippen molar-refractivity contribution in [3.05, 3.63) is 26.3 Å². The van der Waals surface area contributed by atoms with Crippen molar-refractivity contribution in [1.29, 1.82) is 0 Å². The largest absolute Gasteiger partial charge is 0.368 e. The molecule has 20 heavy (non-hydrogen) atoms. The molecule has 0 atom stereocenters. The van der Waals surface area contributed by atoms with Crippen molar-refractivity contribution in [3.63, 3.8) is 0 Å². The molecule has 1 rings (SSSR count). The average Bonchev–Trinajstić information content (AvgIpc) is 2.34. The van der Waals surface area contributed by atoms with Gasteiger partial charge in [-0.25, -0.2) is 18.1 Å². The maximum absolute atomic E-state index is 11.4. The monoisotopic (exact) mass is 366 g/mol. The number of nitrogens with zero attached hydrogens (tertiary/aromatic N) is 2. The molecule has 0 aromatic carbocycles. The predicted octanol–water partition coefficient (Wildman–Crippen LogP) is 1.41. The Balaban J connectivity index is 2.76. The summed E-state index contributed by atoms with van der Waals surface area (Å²) in [5.74, 6) is 0.269. The molecule has 1 aromatic heterocycles. The van der Waals surface area contributed by atoms with Crippen LogP contribution in [-0.4, -0.2) is 37.2 Å². The molecule has 0 aliphatic rings. The number of pyridine rings is 1. The Labute approximate surface area is 125 Å². The summed E-state index contributed by atoms with van der Waals surface area (Å²) in [6.07, 6.45) is 1.14. The Morgan fingerprint density at radius 3 is 2.70 bits per heavy atom. The van der Waals surface area contributed by atoms with Crippen LogP contribution < -0.4 is 10.0 Å². The van der Waals surface area contributed by atoms with Gasteiger partial charge in [0, 0.05) is 18.7 Å². The molecule has 0 unspecified atom stereocenters. The second kappa shape index (κ2) is 6.95. The molecule has 0 saturated carbocycles. The number of hydrogen-bond donors (Lipinski definition) is 2. The van der Waals surface area contributed by atoms with E-state index in [0.717, 1.165) is 6.20 Å². The van der Waals surface area contributed by atoms with Crippen molar-refractivity contribution >= 4 is 37.5 Å². The molecular weight excluding hydrogens is 352 g/mol. The van der Waals surface area contributed by atoms with Gasteiger partial charge < -0.3 is 5.32 Å². The minimum atomic E-state index is -3.31. The SMILES string of the molecule is CCNS(=O)(=O)CCNc1ncc([N+](=O)[O-])c(C)c1Br. The fourth-order valence-electron chi connectivity index (χ4n) is 1.47. The molecule has 0 spiro atoms. The van der Waals surface area contributed by atoms with E-state index in [2.05, 4.69) is 31.0 Å². The van der Waals surface area contributed by atoms with E-state index in [-0.39, 0.29) is 18.0 Å². The van der Waals surface area contributed by atoms with Crippen molar-refractivity contribution in [2.24, 2.45) is 0 Å². The molecule has 0 saturated heterocycles. The van der Waals surface area contributed by atoms with Gasteiger partial charge in [-0.3, -0.25) is 10.1 Å². The molecule has 0 aliphatic carbocycles. The molecule has 1 heterocycles. The standard InChI is InChI=1S/C10H15BrN4O4S/c1-3-14-20(18,19)5-4-12-10-9(11)7(2)8(6-13-10)15(16)17/h6,14H,3-5H2,1-2H3,(H,12,13). The van der Waals surface area contributed by atoms with Crippen molar-refractivity contribution in [2.75, 3.05) is 24.2 Å². The Bertz CT molecular complexity index is 606. The van der Waals surface area contributed by atoms with Crippen LogP contribution in [0, 0.1) is 17.0 Å². The molecule has 0 aliphatic heterocycles. The summed E-state index contributed by atoms with van der Waals surface area (Å²) in [4.78, 5) is 14.1. The Kier molecular flexibility index (Phi) is 5.84. The average molecular weight is 367 g/mol. The van der Waals surface area contributed by atoms with E-state index in [4.69, 9.17) is 0 Å². The summed E-state index contributed by atoms with van der Waals surface area (Å²) in [5.41, 5.74) is 0.338. The summed E-state index contributed by atoms with van der Waals surface area (Å²) in [6, 6.07) is 0. The van der Waals surface area contributed by atoms with Crippen molar-refractivity contribution in [2.45, 2.75) is 13.8 Å². The van der Waals surface area contributed by atoms with E-state index in [1.165, 1.54) is 0 Å². The lowest BCUT2D eigenvalue weighted by Crippen LogP contribution is -2.29. The van der Waals surface area contributed by atoms with Gasteiger partial charge in [0.05, 0.1) is 15.1 Å². The highest BCUT2D eigenvalue weighted by molar-refractivity contribution is 9.10. The second-order valence-corrected chi connectivity index (χ2v) is 6.65. The lowest BCUT2D eigenvalue weighted by Gasteiger charge is -2.10. The lowest BCUT2D eigenvalue weighted by atomic mass is 10.2. The normalized spacial score (nSPS) is 11.3. The maximum atomic E-state index is 11.4. The number of anilines is 1. The van der Waals surface area contributed by atoms with Gasteiger partial charge in [0.1, 0.15) is 12.0 Å². The van der Waals surface area contributed by atoms with E-state index in [9.17, 15) is 18.5 Å². The van der Waals surface area contributed by atoms with Crippen LogP contribution in [-0.2, 0) is 10.0 Å². The number of aromatic nitrogens is 1. The Hall–Kier alpha value is -1.26. The zero-order valence-corrected chi connectivity index (χ0v) is 13.4. The molecule has 10 heteroatoms. The first kappa shape index (κ1) is 16.8. The van der Waals surface area contributed by atoms with Gasteiger partial charge >= 0.3 is 0 Å². The second-order valence-electron chi connectivity index (χ2n) is 3.93. The molecule has 0 amide bonds. The minimum absolute atomic E-state index is 0.0947. The predicted molar refractivity (Wildman–Crippen MR) is 79.3 cm³/mol. The third-order valence-electron chi connectivity index (χ3n) is 2.46. The van der Waals surface area contributed by atoms with E-state index in [0.29, 0.717) is 22.4 Å². The molecule has 0 bridgehead atoms. The molecule has 0 radical (unpaired) electrons. The summed E-state index contributed by atoms with van der Waals surface area (Å²) >= 11 is 3.22. The van der Waals surface area contributed by atoms with Crippen LogP contribution in [0.15, 0.2) is 10.7 Å². The number of halogens is 1. The molecule has 1 aromatic rings. The van der Waals surface area contributed by atoms with Gasteiger partial charge in [-0.1, -0.05) is 6.92 Å². The minimum Gasteiger partial charge on any atom is -0.368 e. The molecule has 0 fully saturated rings. The third-order valence-corrected chi connectivity index (χ3v) is 4.90. The summed E-state index contributed by atoms with van der Waals surface area (Å²) in [7, 11) is -3.31. The number of nitrogens with one attached hydrogen (secondary N) is 2. The highest BCUT2D eigenvalue weighted by Crippen LogP contribution is 2.30. The summed E-state index contributed by atoms with van der Waals surface area (Å²) in [6.45, 7) is 3.77. The van der Waals surface area contributed by atoms with E-state index in [1.54, 1.807) is 13.8 Å². The fraction of sp³-hybridized carbons (Fsp3) is 0.500. The van der Waals surface area contributed by atoms with Crippen LogP contribution in [0.5, 0.6) is 0 Å². The highest BCUT2D eigenvalue weighted by atomic mass is 79.9. The Morgan fingerprint density at radius 1 is 1.50 bits per heavy atom. The number of sulfonamides is 1.